The van der Waals surface area contributed by atoms with Crippen molar-refractivity contribution in [3.8, 4) is 11.9 Å². The minimum Gasteiger partial charge on any atom is -0.471 e. The number of ether oxygens (including phenoxy) is 4. The molecule has 0 bridgehead atoms. The number of aromatic nitrogens is 3. The molecule has 4 atom stereocenters. The molecule has 2 aliphatic rings. The van der Waals surface area contributed by atoms with E-state index in [1.807, 2.05) is 0 Å². The van der Waals surface area contributed by atoms with Crippen LogP contribution in [0.1, 0.15) is 17.5 Å². The van der Waals surface area contributed by atoms with Crippen molar-refractivity contribution in [1.82, 2.24) is 20.3 Å². The maximum Gasteiger partial charge on any atom is 0.296 e. The number of carbonyl (C=O) groups is 1. The Morgan fingerprint density at radius 1 is 1.22 bits per heavy atom. The Morgan fingerprint density at radius 2 is 1.97 bits per heavy atom. The topological polar surface area (TPSA) is 128 Å². The normalized spacial score (nSPS) is 23.1. The number of rotatable bonds is 8. The molecule has 0 radical (unpaired) electrons. The van der Waals surface area contributed by atoms with Gasteiger partial charge in [0, 0.05) is 13.5 Å². The van der Waals surface area contributed by atoms with E-state index in [-0.39, 0.29) is 60.1 Å². The summed E-state index contributed by atoms with van der Waals surface area (Å²) >= 11 is 6.26. The molecule has 0 saturated carbocycles. The molecule has 2 fully saturated rings. The third-order valence-electron chi connectivity index (χ3n) is 6.09. The number of aliphatic hydroxyl groups is 1. The van der Waals surface area contributed by atoms with Crippen LogP contribution in [0, 0.1) is 11.6 Å². The van der Waals surface area contributed by atoms with Crippen molar-refractivity contribution >= 4 is 28.7 Å². The third-order valence-corrected chi connectivity index (χ3v) is 6.36. The molecule has 192 valence electrons. The molecule has 13 heteroatoms. The van der Waals surface area contributed by atoms with E-state index in [1.165, 1.54) is 25.2 Å². The molecule has 1 amide bonds. The van der Waals surface area contributed by atoms with E-state index in [9.17, 15) is 18.7 Å². The fraction of sp³-hybridized carbons (Fsp3) is 0.435. The van der Waals surface area contributed by atoms with Crippen molar-refractivity contribution < 1.29 is 37.6 Å². The monoisotopic (exact) mass is 524 g/mol. The van der Waals surface area contributed by atoms with Crippen LogP contribution in [0.4, 0.5) is 8.78 Å². The number of carbonyl (C=O) groups excluding carboxylic acids is 1. The molecular formula is C23H23ClF2N4O6. The van der Waals surface area contributed by atoms with Gasteiger partial charge >= 0.3 is 0 Å². The van der Waals surface area contributed by atoms with Crippen LogP contribution in [0.3, 0.4) is 0 Å². The maximum atomic E-state index is 14.5. The number of fused-ring (bicyclic) bond motifs is 2. The van der Waals surface area contributed by atoms with Crippen molar-refractivity contribution in [3.05, 3.63) is 46.0 Å². The average molecular weight is 525 g/mol. The van der Waals surface area contributed by atoms with Gasteiger partial charge in [-0.05, 0) is 30.2 Å². The SMILES string of the molecule is CNC(=O)CCc1cc(F)c(COc2nc3nc(O[C@@H]4COC5C4OC[C@H]5O)[nH]c3cc2Cl)c(F)c1. The van der Waals surface area contributed by atoms with Crippen LogP contribution in [0.2, 0.25) is 5.02 Å². The maximum absolute atomic E-state index is 14.5. The highest BCUT2D eigenvalue weighted by atomic mass is 35.5. The van der Waals surface area contributed by atoms with E-state index >= 15 is 0 Å². The molecule has 4 heterocycles. The van der Waals surface area contributed by atoms with E-state index in [4.69, 9.17) is 30.5 Å². The predicted molar refractivity (Wildman–Crippen MR) is 122 cm³/mol. The van der Waals surface area contributed by atoms with E-state index < -0.39 is 42.7 Å². The number of hydrogen-bond donors (Lipinski definition) is 3. The fourth-order valence-electron chi connectivity index (χ4n) is 4.19. The molecule has 2 aliphatic heterocycles. The molecule has 1 aromatic carbocycles. The molecule has 0 spiro atoms. The number of pyridine rings is 1. The number of halogens is 3. The summed E-state index contributed by atoms with van der Waals surface area (Å²) in [6.45, 7) is -0.0532. The standard InChI is InChI=1S/C23H23ClF2N4O6/c1-27-18(32)3-2-10-4-13(25)11(14(26)5-10)7-35-22-12(24)6-15-21(29-22)30-23(28-15)36-17-9-34-19-16(31)8-33-20(17)19/h4-6,16-17,19-20,31H,2-3,7-9H2,1H3,(H,27,32)(H,28,29,30)/t16-,17-,19?,20?/m1/s1. The molecule has 3 aromatic rings. The van der Waals surface area contributed by atoms with Crippen LogP contribution >= 0.6 is 11.6 Å². The number of imidazole rings is 1. The number of benzene rings is 1. The summed E-state index contributed by atoms with van der Waals surface area (Å²) in [5.41, 5.74) is 0.744. The molecule has 3 N–H and O–H groups in total. The zero-order chi connectivity index (χ0) is 25.4. The number of aryl methyl sites for hydroxylation is 1. The summed E-state index contributed by atoms with van der Waals surface area (Å²) in [6, 6.07) is 4.00. The Kier molecular flexibility index (Phi) is 6.93. The van der Waals surface area contributed by atoms with Gasteiger partial charge in [0.2, 0.25) is 11.8 Å². The van der Waals surface area contributed by atoms with Gasteiger partial charge in [-0.2, -0.15) is 9.97 Å². The smallest absolute Gasteiger partial charge is 0.296 e. The number of hydrogen-bond acceptors (Lipinski definition) is 8. The first-order valence-electron chi connectivity index (χ1n) is 11.3. The second-order valence-electron chi connectivity index (χ2n) is 8.51. The average Bonchev–Trinajstić information content (AvgIpc) is 3.53. The number of aliphatic hydroxyl groups excluding tert-OH is 1. The van der Waals surface area contributed by atoms with Crippen LogP contribution in [-0.2, 0) is 27.3 Å². The Labute approximate surface area is 208 Å². The van der Waals surface area contributed by atoms with Gasteiger partial charge in [0.25, 0.3) is 6.01 Å². The van der Waals surface area contributed by atoms with Gasteiger partial charge in [0.1, 0.15) is 41.6 Å². The summed E-state index contributed by atoms with van der Waals surface area (Å²) in [6.07, 6.45) is -1.72. The van der Waals surface area contributed by atoms with Gasteiger partial charge in [-0.3, -0.25) is 4.79 Å². The van der Waals surface area contributed by atoms with Gasteiger partial charge in [-0.15, -0.1) is 0 Å². The van der Waals surface area contributed by atoms with Crippen LogP contribution in [0.5, 0.6) is 11.9 Å². The lowest BCUT2D eigenvalue weighted by atomic mass is 10.1. The lowest BCUT2D eigenvalue weighted by Crippen LogP contribution is -2.34. The first-order valence-corrected chi connectivity index (χ1v) is 11.6. The van der Waals surface area contributed by atoms with Gasteiger partial charge in [-0.25, -0.2) is 8.78 Å². The van der Waals surface area contributed by atoms with Crippen LogP contribution < -0.4 is 14.8 Å². The summed E-state index contributed by atoms with van der Waals surface area (Å²) in [5.74, 6) is -1.88. The fourth-order valence-corrected chi connectivity index (χ4v) is 4.39. The van der Waals surface area contributed by atoms with Crippen LogP contribution in [0.25, 0.3) is 11.2 Å². The minimum atomic E-state index is -0.800. The van der Waals surface area contributed by atoms with Crippen molar-refractivity contribution in [2.24, 2.45) is 0 Å². The van der Waals surface area contributed by atoms with Crippen LogP contribution in [-0.4, -0.2) is 70.6 Å². The van der Waals surface area contributed by atoms with E-state index in [0.717, 1.165) is 0 Å². The number of aromatic amines is 1. The summed E-state index contributed by atoms with van der Waals surface area (Å²) in [4.78, 5) is 22.8. The largest absolute Gasteiger partial charge is 0.471 e. The van der Waals surface area contributed by atoms with Crippen molar-refractivity contribution in [2.45, 2.75) is 43.9 Å². The Morgan fingerprint density at radius 3 is 2.72 bits per heavy atom. The van der Waals surface area contributed by atoms with E-state index in [2.05, 4.69) is 20.3 Å². The van der Waals surface area contributed by atoms with Crippen LogP contribution in [0.15, 0.2) is 18.2 Å². The molecule has 0 aliphatic carbocycles. The molecule has 5 rings (SSSR count). The predicted octanol–water partition coefficient (Wildman–Crippen LogP) is 2.05. The molecule has 36 heavy (non-hydrogen) atoms. The second-order valence-corrected chi connectivity index (χ2v) is 8.92. The summed E-state index contributed by atoms with van der Waals surface area (Å²) < 4.78 is 51.5. The third kappa shape index (κ3) is 4.94. The Balaban J connectivity index is 1.27. The molecule has 2 aromatic heterocycles. The molecule has 2 saturated heterocycles. The summed E-state index contributed by atoms with van der Waals surface area (Å²) in [7, 11) is 1.49. The van der Waals surface area contributed by atoms with E-state index in [1.54, 1.807) is 0 Å². The van der Waals surface area contributed by atoms with Gasteiger partial charge in [0.15, 0.2) is 11.8 Å². The van der Waals surface area contributed by atoms with Gasteiger partial charge in [0.05, 0.1) is 24.3 Å². The molecular weight excluding hydrogens is 502 g/mol. The first kappa shape index (κ1) is 24.6. The minimum absolute atomic E-state index is 0.0591. The number of amides is 1. The Bertz CT molecular complexity index is 1270. The zero-order valence-electron chi connectivity index (χ0n) is 19.1. The quantitative estimate of drug-likeness (QED) is 0.408. The van der Waals surface area contributed by atoms with Crippen molar-refractivity contribution in [1.29, 1.82) is 0 Å². The van der Waals surface area contributed by atoms with Crippen molar-refractivity contribution in [3.63, 3.8) is 0 Å². The lowest BCUT2D eigenvalue weighted by molar-refractivity contribution is -0.120. The van der Waals surface area contributed by atoms with E-state index in [0.29, 0.717) is 11.1 Å². The zero-order valence-corrected chi connectivity index (χ0v) is 19.8. The Hall–Kier alpha value is -3.06. The summed E-state index contributed by atoms with van der Waals surface area (Å²) in [5, 5.41) is 12.4. The number of nitrogens with one attached hydrogen (secondary N) is 2. The highest BCUT2D eigenvalue weighted by molar-refractivity contribution is 6.32. The van der Waals surface area contributed by atoms with Gasteiger partial charge in [-0.1, -0.05) is 11.6 Å². The van der Waals surface area contributed by atoms with Gasteiger partial charge < -0.3 is 34.4 Å². The second kappa shape index (κ2) is 10.1. The number of H-pyrrole nitrogens is 1. The first-order chi connectivity index (χ1) is 17.3. The number of nitrogens with zero attached hydrogens (tertiary/aromatic N) is 2. The molecule has 2 unspecified atom stereocenters. The van der Waals surface area contributed by atoms with Crippen molar-refractivity contribution in [2.75, 3.05) is 20.3 Å². The highest BCUT2D eigenvalue weighted by Crippen LogP contribution is 2.31. The lowest BCUT2D eigenvalue weighted by Gasteiger charge is -2.15. The highest BCUT2D eigenvalue weighted by Gasteiger charge is 2.48. The molecule has 10 nitrogen and oxygen atoms in total.